The summed E-state index contributed by atoms with van der Waals surface area (Å²) < 4.78 is 14.5. The summed E-state index contributed by atoms with van der Waals surface area (Å²) in [5.41, 5.74) is 0.0421. The number of rotatable bonds is 2. The molecule has 0 radical (unpaired) electrons. The first-order chi connectivity index (χ1) is 7.58. The molecule has 1 aromatic rings. The molecule has 0 aliphatic rings. The lowest BCUT2D eigenvalue weighted by molar-refractivity contribution is 0.630. The van der Waals surface area contributed by atoms with E-state index >= 15 is 0 Å². The standard InChI is InChI=1S/C10H4Br2FN3/c11-7-1-8(12)10(9(13)2-7)16-5-6(3-14)4-15/h1-2,5,16H. The molecule has 80 valence electrons. The van der Waals surface area contributed by atoms with E-state index < -0.39 is 5.82 Å². The van der Waals surface area contributed by atoms with Gasteiger partial charge in [-0.25, -0.2) is 4.39 Å². The van der Waals surface area contributed by atoms with E-state index in [0.717, 1.165) is 6.20 Å². The van der Waals surface area contributed by atoms with Gasteiger partial charge in [-0.2, -0.15) is 10.5 Å². The Morgan fingerprint density at radius 2 is 1.94 bits per heavy atom. The molecule has 0 amide bonds. The zero-order valence-corrected chi connectivity index (χ0v) is 10.9. The molecule has 1 rings (SSSR count). The van der Waals surface area contributed by atoms with E-state index in [0.29, 0.717) is 8.95 Å². The molecule has 0 saturated carbocycles. The predicted octanol–water partition coefficient (Wildman–Crippen LogP) is 3.69. The molecule has 0 heterocycles. The molecule has 3 nitrogen and oxygen atoms in total. The second-order valence-electron chi connectivity index (χ2n) is 2.67. The van der Waals surface area contributed by atoms with Gasteiger partial charge in [-0.1, -0.05) is 15.9 Å². The van der Waals surface area contributed by atoms with E-state index in [1.165, 1.54) is 6.07 Å². The normalized spacial score (nSPS) is 8.81. The Kier molecular flexibility index (Phi) is 4.48. The largest absolute Gasteiger partial charge is 0.357 e. The van der Waals surface area contributed by atoms with Gasteiger partial charge in [-0.3, -0.25) is 0 Å². The van der Waals surface area contributed by atoms with Gasteiger partial charge < -0.3 is 5.32 Å². The van der Waals surface area contributed by atoms with E-state index in [-0.39, 0.29) is 11.3 Å². The Labute approximate surface area is 108 Å². The van der Waals surface area contributed by atoms with Crippen LogP contribution >= 0.6 is 31.9 Å². The van der Waals surface area contributed by atoms with Gasteiger partial charge in [0.15, 0.2) is 0 Å². The third kappa shape index (κ3) is 3.06. The van der Waals surface area contributed by atoms with Gasteiger partial charge in [-0.05, 0) is 28.1 Å². The summed E-state index contributed by atoms with van der Waals surface area (Å²) in [6.45, 7) is 0. The van der Waals surface area contributed by atoms with E-state index in [2.05, 4.69) is 37.2 Å². The van der Waals surface area contributed by atoms with Crippen LogP contribution in [0.1, 0.15) is 0 Å². The van der Waals surface area contributed by atoms with Crippen molar-refractivity contribution in [2.75, 3.05) is 5.32 Å². The van der Waals surface area contributed by atoms with Crippen molar-refractivity contribution < 1.29 is 4.39 Å². The van der Waals surface area contributed by atoms with Gasteiger partial charge in [0.25, 0.3) is 0 Å². The average Bonchev–Trinajstić information content (AvgIpc) is 2.22. The maximum absolute atomic E-state index is 13.5. The molecule has 0 aliphatic carbocycles. The van der Waals surface area contributed by atoms with Crippen LogP contribution in [-0.2, 0) is 0 Å². The minimum atomic E-state index is -0.493. The van der Waals surface area contributed by atoms with Crippen molar-refractivity contribution in [2.24, 2.45) is 0 Å². The number of hydrogen-bond donors (Lipinski definition) is 1. The maximum atomic E-state index is 13.5. The highest BCUT2D eigenvalue weighted by atomic mass is 79.9. The minimum Gasteiger partial charge on any atom is -0.357 e. The van der Waals surface area contributed by atoms with Crippen molar-refractivity contribution in [3.8, 4) is 12.1 Å². The lowest BCUT2D eigenvalue weighted by Crippen LogP contribution is -1.95. The first-order valence-corrected chi connectivity index (χ1v) is 5.58. The fourth-order valence-electron chi connectivity index (χ4n) is 0.914. The van der Waals surface area contributed by atoms with Crippen molar-refractivity contribution in [3.63, 3.8) is 0 Å². The molecule has 0 spiro atoms. The number of nitrogens with one attached hydrogen (secondary N) is 1. The van der Waals surface area contributed by atoms with Crippen molar-refractivity contribution >= 4 is 37.5 Å². The van der Waals surface area contributed by atoms with Crippen molar-refractivity contribution in [1.82, 2.24) is 0 Å². The highest BCUT2D eigenvalue weighted by Crippen LogP contribution is 2.29. The molecule has 1 aromatic carbocycles. The average molecular weight is 345 g/mol. The van der Waals surface area contributed by atoms with Gasteiger partial charge in [0.05, 0.1) is 5.69 Å². The highest BCUT2D eigenvalue weighted by molar-refractivity contribution is 9.11. The maximum Gasteiger partial charge on any atom is 0.148 e. The molecule has 0 aliphatic heterocycles. The van der Waals surface area contributed by atoms with E-state index in [1.54, 1.807) is 18.2 Å². The minimum absolute atomic E-state index is 0.130. The van der Waals surface area contributed by atoms with Gasteiger partial charge >= 0.3 is 0 Å². The van der Waals surface area contributed by atoms with Crippen LogP contribution in [-0.4, -0.2) is 0 Å². The van der Waals surface area contributed by atoms with Crippen LogP contribution in [0.5, 0.6) is 0 Å². The molecule has 0 unspecified atom stereocenters. The highest BCUT2D eigenvalue weighted by Gasteiger charge is 2.07. The third-order valence-corrected chi connectivity index (χ3v) is 2.69. The molecule has 0 saturated heterocycles. The molecule has 6 heteroatoms. The summed E-state index contributed by atoms with van der Waals surface area (Å²) in [6, 6.07) is 6.25. The van der Waals surface area contributed by atoms with Crippen LogP contribution in [0.3, 0.4) is 0 Å². The number of nitrogens with zero attached hydrogens (tertiary/aromatic N) is 2. The molecule has 16 heavy (non-hydrogen) atoms. The summed E-state index contributed by atoms with van der Waals surface area (Å²) in [5, 5.41) is 19.5. The second kappa shape index (κ2) is 5.64. The van der Waals surface area contributed by atoms with Gasteiger partial charge in [0, 0.05) is 15.1 Å². The van der Waals surface area contributed by atoms with Crippen molar-refractivity contribution in [2.45, 2.75) is 0 Å². The lowest BCUT2D eigenvalue weighted by Gasteiger charge is -2.06. The first-order valence-electron chi connectivity index (χ1n) is 4.00. The number of benzene rings is 1. The van der Waals surface area contributed by atoms with E-state index in [9.17, 15) is 4.39 Å². The zero-order valence-electron chi connectivity index (χ0n) is 7.76. The van der Waals surface area contributed by atoms with E-state index in [1.807, 2.05) is 0 Å². The Bertz CT molecular complexity index is 487. The summed E-state index contributed by atoms with van der Waals surface area (Å²) in [6.07, 6.45) is 1.15. The number of nitriles is 2. The summed E-state index contributed by atoms with van der Waals surface area (Å²) in [4.78, 5) is 0. The molecule has 0 fully saturated rings. The molecule has 0 atom stereocenters. The van der Waals surface area contributed by atoms with Crippen molar-refractivity contribution in [1.29, 1.82) is 10.5 Å². The number of allylic oxidation sites excluding steroid dienone is 1. The Balaban J connectivity index is 3.05. The molecule has 0 bridgehead atoms. The molecule has 0 aromatic heterocycles. The van der Waals surface area contributed by atoms with Gasteiger partial charge in [0.2, 0.25) is 0 Å². The van der Waals surface area contributed by atoms with Crippen LogP contribution in [0.25, 0.3) is 0 Å². The predicted molar refractivity (Wildman–Crippen MR) is 64.7 cm³/mol. The Hall–Kier alpha value is -1.37. The fourth-order valence-corrected chi connectivity index (χ4v) is 2.20. The topological polar surface area (TPSA) is 59.6 Å². The van der Waals surface area contributed by atoms with Crippen LogP contribution in [0.4, 0.5) is 10.1 Å². The SMILES string of the molecule is N#CC(C#N)=CNc1c(F)cc(Br)cc1Br. The third-order valence-electron chi connectivity index (χ3n) is 1.61. The van der Waals surface area contributed by atoms with Gasteiger partial charge in [-0.15, -0.1) is 0 Å². The van der Waals surface area contributed by atoms with Crippen LogP contribution in [0, 0.1) is 28.5 Å². The van der Waals surface area contributed by atoms with Crippen molar-refractivity contribution in [3.05, 3.63) is 38.7 Å². The first kappa shape index (κ1) is 12.7. The van der Waals surface area contributed by atoms with Crippen LogP contribution in [0.15, 0.2) is 32.9 Å². The van der Waals surface area contributed by atoms with Crippen LogP contribution < -0.4 is 5.32 Å². The monoisotopic (exact) mass is 343 g/mol. The smallest absolute Gasteiger partial charge is 0.148 e. The molecule has 1 N–H and O–H groups in total. The molecular weight excluding hydrogens is 341 g/mol. The van der Waals surface area contributed by atoms with Crippen LogP contribution in [0.2, 0.25) is 0 Å². The number of halogens is 3. The fraction of sp³-hybridized carbons (Fsp3) is 0. The molecular formula is C10H4Br2FN3. The Morgan fingerprint density at radius 1 is 1.31 bits per heavy atom. The zero-order chi connectivity index (χ0) is 12.1. The van der Waals surface area contributed by atoms with E-state index in [4.69, 9.17) is 10.5 Å². The number of hydrogen-bond acceptors (Lipinski definition) is 3. The Morgan fingerprint density at radius 3 is 2.44 bits per heavy atom. The summed E-state index contributed by atoms with van der Waals surface area (Å²) in [5.74, 6) is -0.493. The lowest BCUT2D eigenvalue weighted by atomic mass is 10.3. The second-order valence-corrected chi connectivity index (χ2v) is 4.44. The quantitative estimate of drug-likeness (QED) is 0.832. The van der Waals surface area contributed by atoms with Gasteiger partial charge in [0.1, 0.15) is 23.5 Å². The summed E-state index contributed by atoms with van der Waals surface area (Å²) in [7, 11) is 0. The number of anilines is 1. The summed E-state index contributed by atoms with van der Waals surface area (Å²) >= 11 is 6.30.